The van der Waals surface area contributed by atoms with Gasteiger partial charge in [-0.3, -0.25) is 4.99 Å². The highest BCUT2D eigenvalue weighted by Crippen LogP contribution is 2.48. The van der Waals surface area contributed by atoms with E-state index in [-0.39, 0.29) is 0 Å². The fourth-order valence-corrected chi connectivity index (χ4v) is 4.56. The second-order valence-electron chi connectivity index (χ2n) is 7.80. The zero-order valence-electron chi connectivity index (χ0n) is 18.3. The summed E-state index contributed by atoms with van der Waals surface area (Å²) in [6, 6.07) is 15.7. The highest BCUT2D eigenvalue weighted by atomic mass is 35.5. The molecule has 2 atom stereocenters. The third-order valence-corrected chi connectivity index (χ3v) is 7.02. The van der Waals surface area contributed by atoms with Crippen LogP contribution in [0.15, 0.2) is 64.9 Å². The van der Waals surface area contributed by atoms with E-state index in [4.69, 9.17) is 32.9 Å². The Labute approximate surface area is 202 Å². The van der Waals surface area contributed by atoms with Crippen LogP contribution in [0.2, 0.25) is 10.0 Å². The molecule has 0 aliphatic carbocycles. The lowest BCUT2D eigenvalue weighted by atomic mass is 9.72. The number of halogens is 2. The molecule has 0 saturated heterocycles. The maximum atomic E-state index is 6.18. The molecule has 2 aromatic carbocycles. The molecule has 166 valence electrons. The van der Waals surface area contributed by atoms with Gasteiger partial charge < -0.3 is 10.1 Å². The summed E-state index contributed by atoms with van der Waals surface area (Å²) in [6.45, 7) is 6.68. The average Bonchev–Trinajstić information content (AvgIpc) is 3.07. The number of hydrogen-bond acceptors (Lipinski definition) is 6. The third-order valence-electron chi connectivity index (χ3n) is 5.96. The molecule has 1 aliphatic heterocycles. The first-order valence-corrected chi connectivity index (χ1v) is 12.2. The summed E-state index contributed by atoms with van der Waals surface area (Å²) in [4.78, 5) is 14.2. The van der Waals surface area contributed by atoms with Crippen molar-refractivity contribution in [2.24, 2.45) is 4.99 Å². The molecule has 8 heteroatoms. The van der Waals surface area contributed by atoms with Gasteiger partial charge in [0.1, 0.15) is 11.4 Å². The van der Waals surface area contributed by atoms with Gasteiger partial charge in [-0.1, -0.05) is 59.2 Å². The van der Waals surface area contributed by atoms with E-state index in [1.165, 1.54) is 11.8 Å². The van der Waals surface area contributed by atoms with Crippen molar-refractivity contribution in [2.75, 3.05) is 12.9 Å². The monoisotopic (exact) mass is 486 g/mol. The molecule has 0 saturated carbocycles. The normalized spacial score (nSPS) is 22.4. The van der Waals surface area contributed by atoms with Crippen molar-refractivity contribution in [2.45, 2.75) is 37.0 Å². The molecule has 3 aromatic rings. The van der Waals surface area contributed by atoms with Gasteiger partial charge in [-0.15, -0.1) is 0 Å². The minimum absolute atomic E-state index is 0.494. The van der Waals surface area contributed by atoms with Crippen LogP contribution in [0.4, 0.5) is 0 Å². The molecule has 0 amide bonds. The van der Waals surface area contributed by atoms with E-state index in [2.05, 4.69) is 29.1 Å². The largest absolute Gasteiger partial charge is 0.477 e. The first kappa shape index (κ1) is 22.9. The Bertz CT molecular complexity index is 1150. The minimum Gasteiger partial charge on any atom is -0.477 e. The van der Waals surface area contributed by atoms with Gasteiger partial charge in [-0.25, -0.2) is 4.98 Å². The van der Waals surface area contributed by atoms with E-state index in [0.717, 1.165) is 16.7 Å². The number of rotatable bonds is 6. The second kappa shape index (κ2) is 8.93. The van der Waals surface area contributed by atoms with Crippen LogP contribution in [-0.2, 0) is 11.1 Å². The van der Waals surface area contributed by atoms with Gasteiger partial charge in [-0.2, -0.15) is 4.98 Å². The summed E-state index contributed by atoms with van der Waals surface area (Å²) in [7, 11) is 0. The van der Waals surface area contributed by atoms with Crippen LogP contribution in [0, 0.1) is 0 Å². The maximum Gasteiger partial charge on any atom is 0.228 e. The molecular formula is C24H24Cl2N4OS. The van der Waals surface area contributed by atoms with Gasteiger partial charge >= 0.3 is 0 Å². The summed E-state index contributed by atoms with van der Waals surface area (Å²) in [5.41, 5.74) is 1.58. The van der Waals surface area contributed by atoms with Gasteiger partial charge in [0.25, 0.3) is 0 Å². The molecule has 4 rings (SSSR count). The Balaban J connectivity index is 1.89. The van der Waals surface area contributed by atoms with Gasteiger partial charge in [0.15, 0.2) is 5.16 Å². The molecule has 0 bridgehead atoms. The number of aliphatic imine (C=N–C) groups is 1. The van der Waals surface area contributed by atoms with E-state index in [9.17, 15) is 0 Å². The molecule has 0 radical (unpaired) electrons. The van der Waals surface area contributed by atoms with Crippen LogP contribution in [0.1, 0.15) is 37.5 Å². The average molecular weight is 487 g/mol. The van der Waals surface area contributed by atoms with Crippen molar-refractivity contribution in [3.8, 4) is 5.88 Å². The molecule has 1 aliphatic rings. The highest BCUT2D eigenvalue weighted by Gasteiger charge is 2.52. The summed E-state index contributed by atoms with van der Waals surface area (Å²) >= 11 is 13.8. The molecule has 32 heavy (non-hydrogen) atoms. The minimum atomic E-state index is -0.650. The molecule has 2 heterocycles. The Morgan fingerprint density at radius 3 is 2.12 bits per heavy atom. The highest BCUT2D eigenvalue weighted by molar-refractivity contribution is 7.98. The number of nitrogens with zero attached hydrogens (tertiary/aromatic N) is 3. The van der Waals surface area contributed by atoms with E-state index in [1.807, 2.05) is 61.7 Å². The van der Waals surface area contributed by atoms with Crippen molar-refractivity contribution < 1.29 is 4.74 Å². The Kier molecular flexibility index (Phi) is 6.39. The van der Waals surface area contributed by atoms with Crippen molar-refractivity contribution in [1.82, 2.24) is 15.3 Å². The number of thioether (sulfide) groups is 1. The number of ether oxygens (including phenoxy) is 1. The van der Waals surface area contributed by atoms with Crippen LogP contribution in [0.25, 0.3) is 0 Å². The van der Waals surface area contributed by atoms with Crippen LogP contribution in [0.5, 0.6) is 5.88 Å². The molecule has 0 unspecified atom stereocenters. The van der Waals surface area contributed by atoms with Crippen LogP contribution < -0.4 is 10.1 Å². The molecule has 5 nitrogen and oxygen atoms in total. The molecule has 1 aromatic heterocycles. The van der Waals surface area contributed by atoms with E-state index >= 15 is 0 Å². The van der Waals surface area contributed by atoms with E-state index < -0.39 is 11.1 Å². The van der Waals surface area contributed by atoms with Gasteiger partial charge in [0, 0.05) is 16.2 Å². The summed E-state index contributed by atoms with van der Waals surface area (Å²) in [5.74, 6) is 1.19. The van der Waals surface area contributed by atoms with Crippen LogP contribution in [-0.4, -0.2) is 28.7 Å². The van der Waals surface area contributed by atoms with Gasteiger partial charge in [0.2, 0.25) is 5.88 Å². The quantitative estimate of drug-likeness (QED) is 0.337. The molecule has 0 spiro atoms. The lowest BCUT2D eigenvalue weighted by molar-refractivity contribution is 0.268. The Morgan fingerprint density at radius 1 is 0.969 bits per heavy atom. The van der Waals surface area contributed by atoms with Gasteiger partial charge in [0.05, 0.1) is 17.7 Å². The SMILES string of the molecule is CCOc1nc(SC)ncc1C1=N[C@@](C)(c2ccc(Cl)cc2)[C@@](C)(c2ccc(Cl)cc2)N1. The lowest BCUT2D eigenvalue weighted by Crippen LogP contribution is -2.50. The topological polar surface area (TPSA) is 59.4 Å². The van der Waals surface area contributed by atoms with Crippen molar-refractivity contribution in [1.29, 1.82) is 0 Å². The zero-order valence-corrected chi connectivity index (χ0v) is 20.6. The van der Waals surface area contributed by atoms with Gasteiger partial charge in [-0.05, 0) is 62.4 Å². The molecular weight excluding hydrogens is 463 g/mol. The summed E-state index contributed by atoms with van der Waals surface area (Å²) < 4.78 is 5.85. The number of amidine groups is 1. The second-order valence-corrected chi connectivity index (χ2v) is 9.45. The predicted molar refractivity (Wildman–Crippen MR) is 132 cm³/mol. The molecule has 1 N–H and O–H groups in total. The third kappa shape index (κ3) is 3.96. The predicted octanol–water partition coefficient (Wildman–Crippen LogP) is 6.08. The zero-order chi connectivity index (χ0) is 22.9. The van der Waals surface area contributed by atoms with Crippen molar-refractivity contribution in [3.05, 3.63) is 81.5 Å². The fourth-order valence-electron chi connectivity index (χ4n) is 3.97. The fraction of sp³-hybridized carbons (Fsp3) is 0.292. The number of benzene rings is 2. The number of aromatic nitrogens is 2. The van der Waals surface area contributed by atoms with E-state index in [0.29, 0.717) is 33.5 Å². The van der Waals surface area contributed by atoms with Crippen molar-refractivity contribution in [3.63, 3.8) is 0 Å². The van der Waals surface area contributed by atoms with Crippen LogP contribution >= 0.6 is 35.0 Å². The number of nitrogens with one attached hydrogen (secondary N) is 1. The standard InChI is InChI=1S/C24H24Cl2N4OS/c1-5-31-21-19(14-27-22(28-21)32-4)20-29-23(2,15-6-10-17(25)11-7-15)24(3,30-20)16-8-12-18(26)13-9-16/h6-14H,5H2,1-4H3,(H,29,30)/t23-,24+. The van der Waals surface area contributed by atoms with Crippen molar-refractivity contribution >= 4 is 40.8 Å². The number of hydrogen-bond donors (Lipinski definition) is 1. The molecule has 0 fully saturated rings. The Hall–Kier alpha value is -2.28. The first-order chi connectivity index (χ1) is 15.3. The lowest BCUT2D eigenvalue weighted by Gasteiger charge is -2.40. The maximum absolute atomic E-state index is 6.18. The smallest absolute Gasteiger partial charge is 0.228 e. The van der Waals surface area contributed by atoms with E-state index in [1.54, 1.807) is 6.20 Å². The first-order valence-electron chi connectivity index (χ1n) is 10.2. The Morgan fingerprint density at radius 2 is 1.56 bits per heavy atom. The summed E-state index contributed by atoms with van der Waals surface area (Å²) in [5, 5.41) is 5.68. The summed E-state index contributed by atoms with van der Waals surface area (Å²) in [6.07, 6.45) is 3.71. The van der Waals surface area contributed by atoms with Crippen LogP contribution in [0.3, 0.4) is 0 Å².